The summed E-state index contributed by atoms with van der Waals surface area (Å²) in [5.41, 5.74) is 1.42. The molecule has 0 fully saturated rings. The molecular formula is C7H8N4O. The number of fused-ring (bicyclic) bond motifs is 1. The zero-order chi connectivity index (χ0) is 8.55. The van der Waals surface area contributed by atoms with E-state index in [4.69, 9.17) is 5.11 Å². The van der Waals surface area contributed by atoms with Crippen molar-refractivity contribution in [3.05, 3.63) is 12.4 Å². The molecule has 0 aliphatic rings. The second kappa shape index (κ2) is 2.37. The van der Waals surface area contributed by atoms with Crippen LogP contribution in [0.3, 0.4) is 0 Å². The van der Waals surface area contributed by atoms with Crippen molar-refractivity contribution < 1.29 is 5.11 Å². The zero-order valence-electron chi connectivity index (χ0n) is 6.50. The van der Waals surface area contributed by atoms with Gasteiger partial charge in [-0.05, 0) is 0 Å². The van der Waals surface area contributed by atoms with Crippen LogP contribution in [0.1, 0.15) is 0 Å². The van der Waals surface area contributed by atoms with E-state index >= 15 is 0 Å². The van der Waals surface area contributed by atoms with E-state index in [2.05, 4.69) is 20.3 Å². The molecule has 62 valence electrons. The second-order valence-corrected chi connectivity index (χ2v) is 2.39. The maximum Gasteiger partial charge on any atom is 0.191 e. The lowest BCUT2D eigenvalue weighted by atomic mass is 10.4. The molecule has 0 saturated carbocycles. The number of H-pyrrole nitrogens is 1. The molecule has 5 heteroatoms. The van der Waals surface area contributed by atoms with Gasteiger partial charge in [0.25, 0.3) is 0 Å². The first-order valence-corrected chi connectivity index (χ1v) is 3.51. The lowest BCUT2D eigenvalue weighted by Gasteiger charge is -1.97. The predicted octanol–water partition coefficient (Wildman–Crippen LogP) is 0.705. The van der Waals surface area contributed by atoms with Crippen LogP contribution >= 0.6 is 0 Å². The van der Waals surface area contributed by atoms with Gasteiger partial charge < -0.3 is 15.4 Å². The van der Waals surface area contributed by atoms with Crippen molar-refractivity contribution in [3.8, 4) is 5.88 Å². The summed E-state index contributed by atoms with van der Waals surface area (Å²) in [5, 5.41) is 12.0. The predicted molar refractivity (Wildman–Crippen MR) is 45.1 cm³/mol. The molecule has 0 radical (unpaired) electrons. The van der Waals surface area contributed by atoms with Crippen molar-refractivity contribution in [1.29, 1.82) is 0 Å². The van der Waals surface area contributed by atoms with E-state index in [9.17, 15) is 0 Å². The van der Waals surface area contributed by atoms with Crippen LogP contribution in [0.2, 0.25) is 0 Å². The fourth-order valence-electron chi connectivity index (χ4n) is 1.12. The van der Waals surface area contributed by atoms with E-state index in [1.165, 1.54) is 6.33 Å². The second-order valence-electron chi connectivity index (χ2n) is 2.39. The van der Waals surface area contributed by atoms with Gasteiger partial charge in [-0.1, -0.05) is 0 Å². The number of aromatic amines is 1. The van der Waals surface area contributed by atoms with Crippen molar-refractivity contribution in [2.45, 2.75) is 0 Å². The van der Waals surface area contributed by atoms with Gasteiger partial charge in [0.15, 0.2) is 11.7 Å². The number of rotatable bonds is 1. The molecule has 0 aliphatic carbocycles. The summed E-state index contributed by atoms with van der Waals surface area (Å²) in [6.45, 7) is 0. The molecule has 2 rings (SSSR count). The molecule has 3 N–H and O–H groups in total. The van der Waals surface area contributed by atoms with Gasteiger partial charge in [0, 0.05) is 13.1 Å². The third-order valence-electron chi connectivity index (χ3n) is 1.64. The van der Waals surface area contributed by atoms with E-state index in [0.717, 1.165) is 5.52 Å². The molecule has 5 nitrogen and oxygen atoms in total. The van der Waals surface area contributed by atoms with Crippen LogP contribution in [0.25, 0.3) is 11.0 Å². The zero-order valence-corrected chi connectivity index (χ0v) is 6.50. The Kier molecular flexibility index (Phi) is 1.36. The Balaban J connectivity index is 2.78. The standard InChI is InChI=1S/C7H8N4O/c1-8-7-6-4(9-3-10-7)2-5(12)11-6/h2-3,11-12H,1H3,(H,8,9,10). The van der Waals surface area contributed by atoms with Crippen LogP contribution in [-0.2, 0) is 0 Å². The highest BCUT2D eigenvalue weighted by Crippen LogP contribution is 2.21. The first-order chi connectivity index (χ1) is 5.81. The molecule has 0 amide bonds. The van der Waals surface area contributed by atoms with Crippen LogP contribution in [0, 0.1) is 0 Å². The largest absolute Gasteiger partial charge is 0.495 e. The number of nitrogens with one attached hydrogen (secondary N) is 2. The number of aromatic nitrogens is 3. The van der Waals surface area contributed by atoms with Crippen molar-refractivity contribution in [3.63, 3.8) is 0 Å². The Morgan fingerprint density at radius 2 is 2.33 bits per heavy atom. The number of anilines is 1. The molecule has 2 aromatic rings. The minimum absolute atomic E-state index is 0.0991. The van der Waals surface area contributed by atoms with E-state index < -0.39 is 0 Å². The van der Waals surface area contributed by atoms with E-state index in [1.807, 2.05) is 0 Å². The molecule has 0 bridgehead atoms. The summed E-state index contributed by atoms with van der Waals surface area (Å²) >= 11 is 0. The summed E-state index contributed by atoms with van der Waals surface area (Å²) in [6, 6.07) is 1.55. The quantitative estimate of drug-likeness (QED) is 0.580. The summed E-state index contributed by atoms with van der Waals surface area (Å²) in [7, 11) is 1.76. The lowest BCUT2D eigenvalue weighted by Crippen LogP contribution is -1.93. The molecule has 0 atom stereocenters. The third kappa shape index (κ3) is 0.868. The topological polar surface area (TPSA) is 73.8 Å². The first-order valence-electron chi connectivity index (χ1n) is 3.51. The SMILES string of the molecule is CNc1ncnc2cc(O)[nH]c12. The summed E-state index contributed by atoms with van der Waals surface area (Å²) in [6.07, 6.45) is 1.45. The fourth-order valence-corrected chi connectivity index (χ4v) is 1.12. The third-order valence-corrected chi connectivity index (χ3v) is 1.64. The van der Waals surface area contributed by atoms with Crippen molar-refractivity contribution in [1.82, 2.24) is 15.0 Å². The Bertz CT molecular complexity index is 409. The van der Waals surface area contributed by atoms with Gasteiger partial charge in [-0.25, -0.2) is 9.97 Å². The normalized spacial score (nSPS) is 10.4. The molecule has 0 aliphatic heterocycles. The maximum atomic E-state index is 9.12. The van der Waals surface area contributed by atoms with E-state index in [-0.39, 0.29) is 5.88 Å². The average Bonchev–Trinajstić information content (AvgIpc) is 2.44. The molecule has 0 spiro atoms. The van der Waals surface area contributed by atoms with Gasteiger partial charge in [0.1, 0.15) is 11.8 Å². The number of nitrogens with zero attached hydrogens (tertiary/aromatic N) is 2. The van der Waals surface area contributed by atoms with Gasteiger partial charge in [0.2, 0.25) is 0 Å². The minimum atomic E-state index is 0.0991. The maximum absolute atomic E-state index is 9.12. The van der Waals surface area contributed by atoms with Gasteiger partial charge in [-0.15, -0.1) is 0 Å². The molecule has 0 aromatic carbocycles. The number of aromatic hydroxyl groups is 1. The summed E-state index contributed by atoms with van der Waals surface area (Å²) in [4.78, 5) is 10.7. The van der Waals surface area contributed by atoms with E-state index in [1.54, 1.807) is 13.1 Å². The van der Waals surface area contributed by atoms with Gasteiger partial charge in [-0.3, -0.25) is 0 Å². The van der Waals surface area contributed by atoms with Gasteiger partial charge in [0.05, 0.1) is 5.52 Å². The fraction of sp³-hybridized carbons (Fsp3) is 0.143. The Hall–Kier alpha value is -1.78. The highest BCUT2D eigenvalue weighted by molar-refractivity contribution is 5.86. The average molecular weight is 164 g/mol. The smallest absolute Gasteiger partial charge is 0.191 e. The van der Waals surface area contributed by atoms with Crippen molar-refractivity contribution >= 4 is 16.9 Å². The van der Waals surface area contributed by atoms with Crippen molar-refractivity contribution in [2.24, 2.45) is 0 Å². The molecule has 0 saturated heterocycles. The highest BCUT2D eigenvalue weighted by Gasteiger charge is 2.04. The number of hydrogen-bond donors (Lipinski definition) is 3. The number of hydrogen-bond acceptors (Lipinski definition) is 4. The molecular weight excluding hydrogens is 156 g/mol. The van der Waals surface area contributed by atoms with Crippen LogP contribution < -0.4 is 5.32 Å². The Morgan fingerprint density at radius 1 is 1.50 bits per heavy atom. The Labute approximate surface area is 68.5 Å². The summed E-state index contributed by atoms with van der Waals surface area (Å²) in [5.74, 6) is 0.780. The first kappa shape index (κ1) is 6.90. The lowest BCUT2D eigenvalue weighted by molar-refractivity contribution is 0.458. The molecule has 2 aromatic heterocycles. The van der Waals surface area contributed by atoms with Crippen LogP contribution in [0.5, 0.6) is 5.88 Å². The monoisotopic (exact) mass is 164 g/mol. The molecule has 12 heavy (non-hydrogen) atoms. The minimum Gasteiger partial charge on any atom is -0.495 e. The van der Waals surface area contributed by atoms with Crippen molar-refractivity contribution in [2.75, 3.05) is 12.4 Å². The molecule has 0 unspecified atom stereocenters. The van der Waals surface area contributed by atoms with Crippen LogP contribution in [0.4, 0.5) is 5.82 Å². The Morgan fingerprint density at radius 3 is 3.08 bits per heavy atom. The van der Waals surface area contributed by atoms with Gasteiger partial charge in [-0.2, -0.15) is 0 Å². The van der Waals surface area contributed by atoms with Crippen LogP contribution in [-0.4, -0.2) is 27.1 Å². The van der Waals surface area contributed by atoms with Crippen LogP contribution in [0.15, 0.2) is 12.4 Å². The van der Waals surface area contributed by atoms with Gasteiger partial charge >= 0.3 is 0 Å². The highest BCUT2D eigenvalue weighted by atomic mass is 16.3. The van der Waals surface area contributed by atoms with E-state index in [0.29, 0.717) is 11.3 Å². The summed E-state index contributed by atoms with van der Waals surface area (Å²) < 4.78 is 0. The molecule has 2 heterocycles.